The summed E-state index contributed by atoms with van der Waals surface area (Å²) in [6, 6.07) is 6.59. The minimum absolute atomic E-state index is 0.124. The molecule has 26 heavy (non-hydrogen) atoms. The molecule has 2 amide bonds. The number of piperazine rings is 1. The molecule has 7 heteroatoms. The van der Waals surface area contributed by atoms with Crippen LogP contribution in [-0.4, -0.2) is 59.1 Å². The summed E-state index contributed by atoms with van der Waals surface area (Å²) in [4.78, 5) is 28.3. The number of ether oxygens (including phenoxy) is 1. The minimum atomic E-state index is -0.657. The number of carbonyl (C=O) groups excluding carboxylic acids is 2. The molecular weight excluding hydrogens is 354 g/mol. The topological polar surface area (TPSA) is 75.9 Å². The molecule has 1 aliphatic rings. The van der Waals surface area contributed by atoms with Crippen molar-refractivity contribution in [1.82, 2.24) is 9.80 Å². The number of amides is 2. The number of hydrogen-bond acceptors (Lipinski definition) is 4. The van der Waals surface area contributed by atoms with Crippen molar-refractivity contribution in [3.05, 3.63) is 34.9 Å². The van der Waals surface area contributed by atoms with E-state index >= 15 is 0 Å². The first kappa shape index (κ1) is 20.5. The second-order valence-corrected chi connectivity index (χ2v) is 8.12. The first-order chi connectivity index (χ1) is 12.1. The van der Waals surface area contributed by atoms with Crippen molar-refractivity contribution >= 4 is 23.6 Å². The number of hydrogen-bond donors (Lipinski definition) is 1. The number of benzene rings is 1. The van der Waals surface area contributed by atoms with Gasteiger partial charge in [-0.2, -0.15) is 0 Å². The lowest BCUT2D eigenvalue weighted by Crippen LogP contribution is -2.58. The zero-order valence-corrected chi connectivity index (χ0v) is 16.6. The number of nitrogens with zero attached hydrogens (tertiary/aromatic N) is 2. The van der Waals surface area contributed by atoms with Crippen LogP contribution in [-0.2, 0) is 16.0 Å². The largest absolute Gasteiger partial charge is 0.444 e. The molecule has 2 atom stereocenters. The van der Waals surface area contributed by atoms with Gasteiger partial charge in [0.15, 0.2) is 0 Å². The lowest BCUT2D eigenvalue weighted by molar-refractivity contribution is -0.135. The van der Waals surface area contributed by atoms with Gasteiger partial charge < -0.3 is 20.3 Å². The SMILES string of the molecule is C[C@H]1CN(C(=O)[C@@H](N)Cc2ccccc2Cl)CCN1C(=O)OC(C)(C)C. The maximum absolute atomic E-state index is 12.7. The first-order valence-electron chi connectivity index (χ1n) is 8.86. The fraction of sp³-hybridized carbons (Fsp3) is 0.579. The summed E-state index contributed by atoms with van der Waals surface area (Å²) in [5, 5.41) is 0.610. The molecule has 0 radical (unpaired) electrons. The lowest BCUT2D eigenvalue weighted by atomic mass is 10.0. The molecule has 1 saturated heterocycles. The second-order valence-electron chi connectivity index (χ2n) is 7.71. The Morgan fingerprint density at radius 3 is 2.54 bits per heavy atom. The average molecular weight is 382 g/mol. The minimum Gasteiger partial charge on any atom is -0.444 e. The summed E-state index contributed by atoms with van der Waals surface area (Å²) in [6.45, 7) is 8.73. The highest BCUT2D eigenvalue weighted by atomic mass is 35.5. The van der Waals surface area contributed by atoms with E-state index < -0.39 is 11.6 Å². The normalized spacial score (nSPS) is 19.2. The Labute approximate surface area is 160 Å². The summed E-state index contributed by atoms with van der Waals surface area (Å²) < 4.78 is 5.43. The third-order valence-electron chi connectivity index (χ3n) is 4.28. The predicted molar refractivity (Wildman–Crippen MR) is 102 cm³/mol. The molecular formula is C19H28ClN3O3. The summed E-state index contributed by atoms with van der Waals surface area (Å²) in [5.74, 6) is -0.124. The van der Waals surface area contributed by atoms with E-state index in [2.05, 4.69) is 0 Å². The number of nitrogens with two attached hydrogens (primary N) is 1. The molecule has 0 aliphatic carbocycles. The molecule has 1 aliphatic heterocycles. The third kappa shape index (κ3) is 5.35. The molecule has 0 unspecified atom stereocenters. The molecule has 0 aromatic heterocycles. The summed E-state index contributed by atoms with van der Waals surface area (Å²) >= 11 is 6.15. The van der Waals surface area contributed by atoms with E-state index in [9.17, 15) is 9.59 Å². The van der Waals surface area contributed by atoms with Crippen LogP contribution in [0.5, 0.6) is 0 Å². The third-order valence-corrected chi connectivity index (χ3v) is 4.65. The van der Waals surface area contributed by atoms with E-state index in [1.807, 2.05) is 45.9 Å². The van der Waals surface area contributed by atoms with Crippen molar-refractivity contribution in [3.8, 4) is 0 Å². The highest BCUT2D eigenvalue weighted by molar-refractivity contribution is 6.31. The Kier molecular flexibility index (Phi) is 6.53. The Morgan fingerprint density at radius 1 is 1.31 bits per heavy atom. The van der Waals surface area contributed by atoms with Crippen molar-refractivity contribution in [2.24, 2.45) is 5.73 Å². The highest BCUT2D eigenvalue weighted by Crippen LogP contribution is 2.19. The van der Waals surface area contributed by atoms with Gasteiger partial charge in [-0.05, 0) is 45.7 Å². The molecule has 0 spiro atoms. The first-order valence-corrected chi connectivity index (χ1v) is 9.23. The van der Waals surface area contributed by atoms with Crippen LogP contribution >= 0.6 is 11.6 Å². The Balaban J connectivity index is 1.94. The van der Waals surface area contributed by atoms with Gasteiger partial charge >= 0.3 is 6.09 Å². The van der Waals surface area contributed by atoms with E-state index in [1.54, 1.807) is 15.9 Å². The molecule has 1 heterocycles. The Hall–Kier alpha value is -1.79. The van der Waals surface area contributed by atoms with Crippen molar-refractivity contribution in [2.75, 3.05) is 19.6 Å². The number of carbonyl (C=O) groups is 2. The fourth-order valence-corrected chi connectivity index (χ4v) is 3.19. The van der Waals surface area contributed by atoms with Gasteiger partial charge in [-0.15, -0.1) is 0 Å². The standard InChI is InChI=1S/C19H28ClN3O3/c1-13-12-22(9-10-23(13)18(25)26-19(2,3)4)17(24)16(21)11-14-7-5-6-8-15(14)20/h5-8,13,16H,9-12,21H2,1-4H3/t13-,16-/m0/s1. The van der Waals surface area contributed by atoms with E-state index in [1.165, 1.54) is 0 Å². The fourth-order valence-electron chi connectivity index (χ4n) is 2.97. The summed E-state index contributed by atoms with van der Waals surface area (Å²) in [7, 11) is 0. The zero-order chi connectivity index (χ0) is 19.5. The van der Waals surface area contributed by atoms with Gasteiger partial charge in [-0.3, -0.25) is 4.79 Å². The molecule has 2 N–H and O–H groups in total. The molecule has 2 rings (SSSR count). The maximum Gasteiger partial charge on any atom is 0.410 e. The second kappa shape index (κ2) is 8.27. The van der Waals surface area contributed by atoms with Crippen LogP contribution in [0, 0.1) is 0 Å². The van der Waals surface area contributed by atoms with Crippen LogP contribution in [0.4, 0.5) is 4.79 Å². The Bertz CT molecular complexity index is 660. The molecule has 1 aromatic carbocycles. The van der Waals surface area contributed by atoms with E-state index in [4.69, 9.17) is 22.1 Å². The summed E-state index contributed by atoms with van der Waals surface area (Å²) in [5.41, 5.74) is 6.43. The van der Waals surface area contributed by atoms with Crippen LogP contribution in [0.2, 0.25) is 5.02 Å². The monoisotopic (exact) mass is 381 g/mol. The van der Waals surface area contributed by atoms with Crippen LogP contribution in [0.25, 0.3) is 0 Å². The average Bonchev–Trinajstić information content (AvgIpc) is 2.54. The van der Waals surface area contributed by atoms with Gasteiger partial charge in [-0.25, -0.2) is 4.79 Å². The number of rotatable bonds is 3. The smallest absolute Gasteiger partial charge is 0.410 e. The molecule has 0 bridgehead atoms. The highest BCUT2D eigenvalue weighted by Gasteiger charge is 2.33. The molecule has 0 saturated carbocycles. The van der Waals surface area contributed by atoms with Gasteiger partial charge in [0, 0.05) is 30.7 Å². The quantitative estimate of drug-likeness (QED) is 0.873. The van der Waals surface area contributed by atoms with Crippen LogP contribution < -0.4 is 5.73 Å². The molecule has 144 valence electrons. The van der Waals surface area contributed by atoms with Gasteiger partial charge in [-0.1, -0.05) is 29.8 Å². The van der Waals surface area contributed by atoms with Crippen LogP contribution in [0.15, 0.2) is 24.3 Å². The summed E-state index contributed by atoms with van der Waals surface area (Å²) in [6.07, 6.45) is 0.0385. The lowest BCUT2D eigenvalue weighted by Gasteiger charge is -2.40. The van der Waals surface area contributed by atoms with Crippen molar-refractivity contribution in [3.63, 3.8) is 0 Å². The predicted octanol–water partition coefficient (Wildman–Crippen LogP) is 2.68. The molecule has 1 aromatic rings. The molecule has 1 fully saturated rings. The van der Waals surface area contributed by atoms with Crippen LogP contribution in [0.1, 0.15) is 33.3 Å². The zero-order valence-electron chi connectivity index (χ0n) is 15.9. The van der Waals surface area contributed by atoms with E-state index in [0.717, 1.165) is 5.56 Å². The van der Waals surface area contributed by atoms with Crippen molar-refractivity contribution in [2.45, 2.75) is 51.8 Å². The van der Waals surface area contributed by atoms with E-state index in [-0.39, 0.29) is 18.0 Å². The van der Waals surface area contributed by atoms with Crippen molar-refractivity contribution < 1.29 is 14.3 Å². The Morgan fingerprint density at radius 2 is 1.96 bits per heavy atom. The van der Waals surface area contributed by atoms with E-state index in [0.29, 0.717) is 31.1 Å². The molecule has 6 nitrogen and oxygen atoms in total. The van der Waals surface area contributed by atoms with Gasteiger partial charge in [0.25, 0.3) is 0 Å². The van der Waals surface area contributed by atoms with Gasteiger partial charge in [0.05, 0.1) is 6.04 Å². The van der Waals surface area contributed by atoms with Crippen molar-refractivity contribution in [1.29, 1.82) is 0 Å². The maximum atomic E-state index is 12.7. The van der Waals surface area contributed by atoms with Gasteiger partial charge in [0.1, 0.15) is 5.60 Å². The van der Waals surface area contributed by atoms with Crippen LogP contribution in [0.3, 0.4) is 0 Å². The van der Waals surface area contributed by atoms with Gasteiger partial charge in [0.2, 0.25) is 5.91 Å². The number of halogens is 1.